The molecule has 1 heterocycles. The Morgan fingerprint density at radius 1 is 0.950 bits per heavy atom. The van der Waals surface area contributed by atoms with Gasteiger partial charge in [0, 0.05) is 5.56 Å². The van der Waals surface area contributed by atoms with Crippen LogP contribution in [0.15, 0.2) is 71.9 Å². The second-order valence-electron chi connectivity index (χ2n) is 4.75. The fourth-order valence-corrected chi connectivity index (χ4v) is 2.14. The van der Waals surface area contributed by atoms with E-state index >= 15 is 0 Å². The number of benzene rings is 2. The summed E-state index contributed by atoms with van der Waals surface area (Å²) in [7, 11) is 0. The molecule has 2 aromatic carbocycles. The largest absolute Gasteiger partial charge is 0.355 e. The molecule has 3 rings (SSSR count). The van der Waals surface area contributed by atoms with E-state index in [1.54, 1.807) is 0 Å². The highest BCUT2D eigenvalue weighted by Gasteiger charge is 2.37. The second kappa shape index (κ2) is 5.31. The van der Waals surface area contributed by atoms with Crippen molar-refractivity contribution in [1.29, 1.82) is 0 Å². The summed E-state index contributed by atoms with van der Waals surface area (Å²) >= 11 is 0. The molecule has 0 fully saturated rings. The average molecular weight is 265 g/mol. The molecule has 1 N–H and O–H groups in total. The number of hydrogen-bond acceptors (Lipinski definition) is 3. The van der Waals surface area contributed by atoms with E-state index in [0.717, 1.165) is 11.3 Å². The van der Waals surface area contributed by atoms with E-state index in [4.69, 9.17) is 4.84 Å². The van der Waals surface area contributed by atoms with Gasteiger partial charge in [-0.1, -0.05) is 71.9 Å². The molecule has 3 nitrogen and oxygen atoms in total. The average Bonchev–Trinajstić information content (AvgIpc) is 2.90. The van der Waals surface area contributed by atoms with Crippen molar-refractivity contribution in [1.82, 2.24) is 0 Å². The lowest BCUT2D eigenvalue weighted by Gasteiger charge is -2.19. The maximum absolute atomic E-state index is 10.5. The first-order valence-corrected chi connectivity index (χ1v) is 6.52. The van der Waals surface area contributed by atoms with Crippen molar-refractivity contribution in [2.75, 3.05) is 0 Å². The van der Waals surface area contributed by atoms with Crippen molar-refractivity contribution >= 4 is 11.8 Å². The summed E-state index contributed by atoms with van der Waals surface area (Å²) in [6.07, 6.45) is 4.18. The molecule has 0 saturated carbocycles. The normalized spacial score (nSPS) is 21.8. The molecule has 0 saturated heterocycles. The minimum atomic E-state index is -1.35. The summed E-state index contributed by atoms with van der Waals surface area (Å²) in [5, 5.41) is 14.4. The van der Waals surface area contributed by atoms with Gasteiger partial charge in [-0.3, -0.25) is 0 Å². The SMILES string of the molecule is OC1(c2ccccc2)CC(/C=C/c2ccccc2)=NO1. The number of hydrogen-bond donors (Lipinski definition) is 1. The zero-order valence-corrected chi connectivity index (χ0v) is 10.9. The quantitative estimate of drug-likeness (QED) is 0.925. The zero-order chi connectivity index (χ0) is 13.8. The Balaban J connectivity index is 1.72. The highest BCUT2D eigenvalue weighted by atomic mass is 16.7. The number of oxime groups is 1. The van der Waals surface area contributed by atoms with E-state index < -0.39 is 5.79 Å². The summed E-state index contributed by atoms with van der Waals surface area (Å²) < 4.78 is 0. The minimum absolute atomic E-state index is 0.348. The molecule has 0 spiro atoms. The van der Waals surface area contributed by atoms with Crippen LogP contribution in [0.3, 0.4) is 0 Å². The van der Waals surface area contributed by atoms with Gasteiger partial charge >= 0.3 is 0 Å². The van der Waals surface area contributed by atoms with E-state index in [0.29, 0.717) is 12.0 Å². The van der Waals surface area contributed by atoms with Crippen LogP contribution in [-0.4, -0.2) is 10.8 Å². The monoisotopic (exact) mass is 265 g/mol. The van der Waals surface area contributed by atoms with Crippen LogP contribution in [0.25, 0.3) is 6.08 Å². The summed E-state index contributed by atoms with van der Waals surface area (Å²) in [4.78, 5) is 5.22. The first kappa shape index (κ1) is 12.6. The van der Waals surface area contributed by atoms with Crippen LogP contribution in [0.4, 0.5) is 0 Å². The molecular formula is C17H15NO2. The summed E-state index contributed by atoms with van der Waals surface area (Å²) in [6.45, 7) is 0. The van der Waals surface area contributed by atoms with E-state index in [1.165, 1.54) is 0 Å². The van der Waals surface area contributed by atoms with E-state index in [2.05, 4.69) is 5.16 Å². The van der Waals surface area contributed by atoms with Crippen LogP contribution >= 0.6 is 0 Å². The molecule has 1 atom stereocenters. The number of nitrogens with zero attached hydrogens (tertiary/aromatic N) is 1. The van der Waals surface area contributed by atoms with Gasteiger partial charge in [0.05, 0.1) is 12.1 Å². The Morgan fingerprint density at radius 2 is 1.60 bits per heavy atom. The van der Waals surface area contributed by atoms with Crippen LogP contribution in [-0.2, 0) is 10.6 Å². The highest BCUT2D eigenvalue weighted by molar-refractivity contribution is 5.99. The van der Waals surface area contributed by atoms with Gasteiger partial charge in [0.25, 0.3) is 5.79 Å². The number of allylic oxidation sites excluding steroid dienone is 1. The molecule has 3 heteroatoms. The molecule has 0 radical (unpaired) electrons. The lowest BCUT2D eigenvalue weighted by molar-refractivity contribution is -0.193. The lowest BCUT2D eigenvalue weighted by Crippen LogP contribution is -2.25. The van der Waals surface area contributed by atoms with Crippen molar-refractivity contribution in [3.63, 3.8) is 0 Å². The molecular weight excluding hydrogens is 250 g/mol. The maximum Gasteiger partial charge on any atom is 0.266 e. The maximum atomic E-state index is 10.5. The Hall–Kier alpha value is -2.39. The predicted molar refractivity (Wildman–Crippen MR) is 79.0 cm³/mol. The van der Waals surface area contributed by atoms with Gasteiger partial charge in [0.15, 0.2) is 0 Å². The van der Waals surface area contributed by atoms with Gasteiger partial charge in [-0.05, 0) is 11.6 Å². The standard InChI is InChI=1S/C17H15NO2/c19-17(15-9-5-2-6-10-15)13-16(18-20-17)12-11-14-7-3-1-4-8-14/h1-12,19H,13H2/b12-11+. The van der Waals surface area contributed by atoms with E-state index in [-0.39, 0.29) is 0 Å². The third-order valence-corrected chi connectivity index (χ3v) is 3.23. The first-order valence-electron chi connectivity index (χ1n) is 6.52. The number of rotatable bonds is 3. The van der Waals surface area contributed by atoms with Crippen LogP contribution < -0.4 is 0 Å². The Morgan fingerprint density at radius 3 is 2.30 bits per heavy atom. The fourth-order valence-electron chi connectivity index (χ4n) is 2.14. The van der Waals surface area contributed by atoms with Crippen molar-refractivity contribution in [2.24, 2.45) is 5.16 Å². The minimum Gasteiger partial charge on any atom is -0.355 e. The third kappa shape index (κ3) is 2.63. The van der Waals surface area contributed by atoms with Gasteiger partial charge in [-0.2, -0.15) is 0 Å². The highest BCUT2D eigenvalue weighted by Crippen LogP contribution is 2.32. The first-order chi connectivity index (χ1) is 9.76. The zero-order valence-electron chi connectivity index (χ0n) is 10.9. The van der Waals surface area contributed by atoms with Crippen molar-refractivity contribution in [3.8, 4) is 0 Å². The van der Waals surface area contributed by atoms with Crippen LogP contribution in [0.2, 0.25) is 0 Å². The third-order valence-electron chi connectivity index (χ3n) is 3.23. The Bertz CT molecular complexity index is 635. The Kier molecular flexibility index (Phi) is 3.35. The second-order valence-corrected chi connectivity index (χ2v) is 4.75. The van der Waals surface area contributed by atoms with Gasteiger partial charge in [0.1, 0.15) is 0 Å². The van der Waals surface area contributed by atoms with Gasteiger partial charge < -0.3 is 9.94 Å². The van der Waals surface area contributed by atoms with E-state index in [1.807, 2.05) is 72.8 Å². The smallest absolute Gasteiger partial charge is 0.266 e. The summed E-state index contributed by atoms with van der Waals surface area (Å²) in [5.41, 5.74) is 2.53. The topological polar surface area (TPSA) is 41.8 Å². The molecule has 100 valence electrons. The molecule has 0 aromatic heterocycles. The molecule has 1 aliphatic heterocycles. The van der Waals surface area contributed by atoms with Crippen molar-refractivity contribution in [2.45, 2.75) is 12.2 Å². The molecule has 0 bridgehead atoms. The predicted octanol–water partition coefficient (Wildman–Crippen LogP) is 3.32. The van der Waals surface area contributed by atoms with Gasteiger partial charge in [-0.15, -0.1) is 0 Å². The van der Waals surface area contributed by atoms with E-state index in [9.17, 15) is 5.11 Å². The molecule has 0 aliphatic carbocycles. The van der Waals surface area contributed by atoms with Crippen molar-refractivity contribution < 1.29 is 9.94 Å². The lowest BCUT2D eigenvalue weighted by atomic mass is 10.0. The molecule has 0 amide bonds. The fraction of sp³-hybridized carbons (Fsp3) is 0.118. The van der Waals surface area contributed by atoms with Crippen LogP contribution in [0.1, 0.15) is 17.5 Å². The number of aliphatic hydroxyl groups is 1. The Labute approximate surface area is 117 Å². The van der Waals surface area contributed by atoms with Crippen molar-refractivity contribution in [3.05, 3.63) is 77.9 Å². The van der Waals surface area contributed by atoms with Crippen LogP contribution in [0, 0.1) is 0 Å². The molecule has 1 unspecified atom stereocenters. The van der Waals surface area contributed by atoms with Crippen LogP contribution in [0.5, 0.6) is 0 Å². The van der Waals surface area contributed by atoms with Gasteiger partial charge in [-0.25, -0.2) is 0 Å². The summed E-state index contributed by atoms with van der Waals surface area (Å²) in [6, 6.07) is 19.3. The summed E-state index contributed by atoms with van der Waals surface area (Å²) in [5.74, 6) is -1.35. The molecule has 20 heavy (non-hydrogen) atoms. The van der Waals surface area contributed by atoms with Gasteiger partial charge in [0.2, 0.25) is 0 Å². The molecule has 2 aromatic rings. The molecule has 1 aliphatic rings.